The first kappa shape index (κ1) is 10.8. The lowest BCUT2D eigenvalue weighted by Crippen LogP contribution is -2.46. The number of carbonyl (C=O) groups is 1. The summed E-state index contributed by atoms with van der Waals surface area (Å²) >= 11 is 0. The Bertz CT molecular complexity index is 422. The van der Waals surface area contributed by atoms with Crippen LogP contribution in [-0.2, 0) is 0 Å². The molecule has 1 amide bonds. The van der Waals surface area contributed by atoms with E-state index < -0.39 is 0 Å². The monoisotopic (exact) mass is 222 g/mol. The van der Waals surface area contributed by atoms with Crippen molar-refractivity contribution in [3.05, 3.63) is 28.2 Å². The molecule has 16 heavy (non-hydrogen) atoms. The summed E-state index contributed by atoms with van der Waals surface area (Å²) in [5, 5.41) is 5.96. The molecule has 86 valence electrons. The molecule has 0 saturated carbocycles. The number of hydrogen-bond donors (Lipinski definition) is 2. The van der Waals surface area contributed by atoms with Gasteiger partial charge in [-0.05, 0) is 18.9 Å². The van der Waals surface area contributed by atoms with Gasteiger partial charge in [-0.3, -0.25) is 9.59 Å². The van der Waals surface area contributed by atoms with Crippen molar-refractivity contribution in [2.24, 2.45) is 5.73 Å². The van der Waals surface area contributed by atoms with Gasteiger partial charge in [-0.15, -0.1) is 0 Å². The van der Waals surface area contributed by atoms with E-state index in [2.05, 4.69) is 10.2 Å². The maximum Gasteiger partial charge on any atom is 0.274 e. The first-order chi connectivity index (χ1) is 7.66. The highest BCUT2D eigenvalue weighted by Crippen LogP contribution is 2.10. The van der Waals surface area contributed by atoms with E-state index >= 15 is 0 Å². The predicted octanol–water partition coefficient (Wildman–Crippen LogP) is -0.667. The van der Waals surface area contributed by atoms with Crippen LogP contribution in [0.2, 0.25) is 0 Å². The molecular weight excluding hydrogens is 208 g/mol. The topological polar surface area (TPSA) is 92.1 Å². The molecule has 1 aliphatic heterocycles. The zero-order valence-electron chi connectivity index (χ0n) is 8.85. The van der Waals surface area contributed by atoms with Crippen LogP contribution in [0.15, 0.2) is 16.9 Å². The highest BCUT2D eigenvalue weighted by atomic mass is 16.2. The summed E-state index contributed by atoms with van der Waals surface area (Å²) < 4.78 is 0. The van der Waals surface area contributed by atoms with Crippen molar-refractivity contribution in [3.8, 4) is 0 Å². The third-order valence-corrected chi connectivity index (χ3v) is 2.64. The second-order valence-corrected chi connectivity index (χ2v) is 3.96. The molecule has 1 saturated heterocycles. The number of hydrogen-bond acceptors (Lipinski definition) is 4. The van der Waals surface area contributed by atoms with E-state index in [9.17, 15) is 9.59 Å². The van der Waals surface area contributed by atoms with Crippen LogP contribution in [0.5, 0.6) is 0 Å². The standard InChI is InChI=1S/C10H14N4O2/c11-7-2-1-5-14(6-7)10(16)8-3-4-9(15)13-12-8/h3-4,7H,1-2,5-6,11H2,(H,13,15). The first-order valence-electron chi connectivity index (χ1n) is 5.27. The zero-order chi connectivity index (χ0) is 11.5. The summed E-state index contributed by atoms with van der Waals surface area (Å²) in [7, 11) is 0. The van der Waals surface area contributed by atoms with Gasteiger partial charge in [-0.2, -0.15) is 5.10 Å². The quantitative estimate of drug-likeness (QED) is 0.659. The molecule has 6 heteroatoms. The van der Waals surface area contributed by atoms with Gasteiger partial charge in [0.05, 0.1) is 0 Å². The molecule has 6 nitrogen and oxygen atoms in total. The fourth-order valence-electron chi connectivity index (χ4n) is 1.82. The van der Waals surface area contributed by atoms with Crippen LogP contribution >= 0.6 is 0 Å². The van der Waals surface area contributed by atoms with E-state index in [0.29, 0.717) is 13.1 Å². The molecular formula is C10H14N4O2. The Balaban J connectivity index is 2.12. The molecule has 0 aromatic carbocycles. The average molecular weight is 222 g/mol. The fraction of sp³-hybridized carbons (Fsp3) is 0.500. The number of nitrogens with one attached hydrogen (secondary N) is 1. The number of nitrogens with two attached hydrogens (primary N) is 1. The third-order valence-electron chi connectivity index (χ3n) is 2.64. The van der Waals surface area contributed by atoms with E-state index in [-0.39, 0.29) is 23.2 Å². The van der Waals surface area contributed by atoms with Gasteiger partial charge in [0.1, 0.15) is 5.69 Å². The molecule has 1 aliphatic rings. The summed E-state index contributed by atoms with van der Waals surface area (Å²) in [5.74, 6) is -0.175. The molecule has 1 aromatic heterocycles. The Labute approximate surface area is 92.4 Å². The third kappa shape index (κ3) is 2.27. The number of aromatic nitrogens is 2. The number of aromatic amines is 1. The minimum absolute atomic E-state index is 0.0421. The van der Waals surface area contributed by atoms with Gasteiger partial charge in [0.25, 0.3) is 11.5 Å². The number of likely N-dealkylation sites (tertiary alicyclic amines) is 1. The minimum Gasteiger partial charge on any atom is -0.336 e. The Morgan fingerprint density at radius 3 is 3.00 bits per heavy atom. The number of amides is 1. The van der Waals surface area contributed by atoms with Gasteiger partial charge >= 0.3 is 0 Å². The molecule has 1 unspecified atom stereocenters. The van der Waals surface area contributed by atoms with Crippen LogP contribution in [-0.4, -0.2) is 40.1 Å². The van der Waals surface area contributed by atoms with Crippen molar-refractivity contribution in [2.75, 3.05) is 13.1 Å². The Morgan fingerprint density at radius 2 is 2.38 bits per heavy atom. The largest absolute Gasteiger partial charge is 0.336 e. The lowest BCUT2D eigenvalue weighted by atomic mass is 10.1. The molecule has 2 rings (SSSR count). The van der Waals surface area contributed by atoms with E-state index in [0.717, 1.165) is 12.8 Å². The molecule has 0 aliphatic carbocycles. The zero-order valence-corrected chi connectivity index (χ0v) is 8.85. The SMILES string of the molecule is NC1CCCN(C(=O)c2ccc(=O)[nH]n2)C1. The van der Waals surface area contributed by atoms with Crippen LogP contribution < -0.4 is 11.3 Å². The molecule has 0 bridgehead atoms. The second kappa shape index (κ2) is 4.44. The van der Waals surface area contributed by atoms with E-state index in [1.165, 1.54) is 12.1 Å². The highest BCUT2D eigenvalue weighted by molar-refractivity contribution is 5.92. The molecule has 1 aromatic rings. The molecule has 2 heterocycles. The van der Waals surface area contributed by atoms with Crippen LogP contribution in [0.3, 0.4) is 0 Å². The van der Waals surface area contributed by atoms with Crippen LogP contribution in [0.25, 0.3) is 0 Å². The predicted molar refractivity (Wildman–Crippen MR) is 58.0 cm³/mol. The molecule has 0 radical (unpaired) electrons. The normalized spacial score (nSPS) is 20.8. The van der Waals surface area contributed by atoms with Crippen LogP contribution in [0.4, 0.5) is 0 Å². The average Bonchev–Trinajstić information content (AvgIpc) is 2.29. The number of rotatable bonds is 1. The lowest BCUT2D eigenvalue weighted by molar-refractivity contribution is 0.0701. The minimum atomic E-state index is -0.313. The number of H-pyrrole nitrogens is 1. The smallest absolute Gasteiger partial charge is 0.274 e. The maximum absolute atomic E-state index is 11.9. The number of carbonyl (C=O) groups excluding carboxylic acids is 1. The van der Waals surface area contributed by atoms with Crippen LogP contribution in [0, 0.1) is 0 Å². The molecule has 1 fully saturated rings. The van der Waals surface area contributed by atoms with Crippen molar-refractivity contribution in [2.45, 2.75) is 18.9 Å². The highest BCUT2D eigenvalue weighted by Gasteiger charge is 2.23. The van der Waals surface area contributed by atoms with E-state index in [4.69, 9.17) is 5.73 Å². The van der Waals surface area contributed by atoms with Crippen molar-refractivity contribution < 1.29 is 4.79 Å². The van der Waals surface area contributed by atoms with Crippen LogP contribution in [0.1, 0.15) is 23.3 Å². The number of piperidine rings is 1. The maximum atomic E-state index is 11.9. The van der Waals surface area contributed by atoms with Crippen molar-refractivity contribution in [1.29, 1.82) is 0 Å². The van der Waals surface area contributed by atoms with E-state index in [1.54, 1.807) is 4.90 Å². The van der Waals surface area contributed by atoms with Gasteiger partial charge in [0, 0.05) is 25.2 Å². The van der Waals surface area contributed by atoms with Gasteiger partial charge in [0.2, 0.25) is 0 Å². The summed E-state index contributed by atoms with van der Waals surface area (Å²) in [5.41, 5.74) is 5.74. The van der Waals surface area contributed by atoms with Gasteiger partial charge in [-0.25, -0.2) is 5.10 Å². The Hall–Kier alpha value is -1.69. The molecule has 3 N–H and O–H groups in total. The summed E-state index contributed by atoms with van der Waals surface area (Å²) in [6.07, 6.45) is 1.86. The van der Waals surface area contributed by atoms with E-state index in [1.807, 2.05) is 0 Å². The Morgan fingerprint density at radius 1 is 1.56 bits per heavy atom. The molecule has 0 spiro atoms. The van der Waals surface area contributed by atoms with Crippen molar-refractivity contribution in [3.63, 3.8) is 0 Å². The lowest BCUT2D eigenvalue weighted by Gasteiger charge is -2.30. The summed E-state index contributed by atoms with van der Waals surface area (Å²) in [6.45, 7) is 1.26. The van der Waals surface area contributed by atoms with Gasteiger partial charge in [0.15, 0.2) is 0 Å². The van der Waals surface area contributed by atoms with Crippen molar-refractivity contribution >= 4 is 5.91 Å². The number of nitrogens with zero attached hydrogens (tertiary/aromatic N) is 2. The van der Waals surface area contributed by atoms with Gasteiger partial charge in [-0.1, -0.05) is 0 Å². The fourth-order valence-corrected chi connectivity index (χ4v) is 1.82. The molecule has 1 atom stereocenters. The van der Waals surface area contributed by atoms with Crippen molar-refractivity contribution in [1.82, 2.24) is 15.1 Å². The van der Waals surface area contributed by atoms with Gasteiger partial charge < -0.3 is 10.6 Å². The Kier molecular flexibility index (Phi) is 3.00. The first-order valence-corrected chi connectivity index (χ1v) is 5.27. The summed E-state index contributed by atoms with van der Waals surface area (Å²) in [6, 6.07) is 2.77. The summed E-state index contributed by atoms with van der Waals surface area (Å²) in [4.78, 5) is 24.4. The second-order valence-electron chi connectivity index (χ2n) is 3.96.